The number of hydrogen-bond donors (Lipinski definition) is 0. The van der Waals surface area contributed by atoms with Gasteiger partial charge in [0.2, 0.25) is 0 Å². The molecule has 0 amide bonds. The van der Waals surface area contributed by atoms with E-state index in [-0.39, 0.29) is 0 Å². The molecular formula is C12H24O2. The van der Waals surface area contributed by atoms with Gasteiger partial charge in [-0.05, 0) is 38.5 Å². The number of unbranched alkanes of at least 4 members (excludes halogenated alkanes) is 4. The first-order valence-electron chi connectivity index (χ1n) is 5.54. The summed E-state index contributed by atoms with van der Waals surface area (Å²) >= 11 is 0. The van der Waals surface area contributed by atoms with Crippen molar-refractivity contribution in [1.82, 2.24) is 0 Å². The van der Waals surface area contributed by atoms with Gasteiger partial charge in [-0.1, -0.05) is 12.2 Å². The van der Waals surface area contributed by atoms with Crippen molar-refractivity contribution < 1.29 is 9.47 Å². The van der Waals surface area contributed by atoms with Gasteiger partial charge in [-0.25, -0.2) is 0 Å². The molecule has 14 heavy (non-hydrogen) atoms. The second-order valence-electron chi connectivity index (χ2n) is 3.45. The van der Waals surface area contributed by atoms with E-state index in [1.165, 1.54) is 38.5 Å². The Morgan fingerprint density at radius 3 is 1.50 bits per heavy atom. The van der Waals surface area contributed by atoms with Crippen molar-refractivity contribution in [2.75, 3.05) is 27.4 Å². The van der Waals surface area contributed by atoms with Crippen LogP contribution < -0.4 is 0 Å². The van der Waals surface area contributed by atoms with Crippen molar-refractivity contribution in [3.63, 3.8) is 0 Å². The van der Waals surface area contributed by atoms with Gasteiger partial charge in [0.05, 0.1) is 0 Å². The van der Waals surface area contributed by atoms with Crippen LogP contribution in [0.2, 0.25) is 0 Å². The quantitative estimate of drug-likeness (QED) is 0.398. The van der Waals surface area contributed by atoms with Crippen LogP contribution in [0.1, 0.15) is 38.5 Å². The summed E-state index contributed by atoms with van der Waals surface area (Å²) in [5.74, 6) is 0. The SMILES string of the molecule is COCCCC/C=C/CCCCOC. The van der Waals surface area contributed by atoms with E-state index in [2.05, 4.69) is 12.2 Å². The van der Waals surface area contributed by atoms with Crippen molar-refractivity contribution in [2.24, 2.45) is 0 Å². The normalized spacial score (nSPS) is 11.3. The predicted octanol–water partition coefficient (Wildman–Crippen LogP) is 3.18. The lowest BCUT2D eigenvalue weighted by atomic mass is 10.2. The lowest BCUT2D eigenvalue weighted by molar-refractivity contribution is 0.193. The summed E-state index contributed by atoms with van der Waals surface area (Å²) in [6, 6.07) is 0. The van der Waals surface area contributed by atoms with Crippen molar-refractivity contribution in [1.29, 1.82) is 0 Å². The first-order chi connectivity index (χ1) is 6.91. The molecule has 0 heterocycles. The predicted molar refractivity (Wildman–Crippen MR) is 60.6 cm³/mol. The molecule has 0 fully saturated rings. The van der Waals surface area contributed by atoms with Gasteiger partial charge >= 0.3 is 0 Å². The Kier molecular flexibility index (Phi) is 12.4. The van der Waals surface area contributed by atoms with E-state index in [0.29, 0.717) is 0 Å². The maximum absolute atomic E-state index is 4.98. The molecule has 0 aliphatic rings. The molecule has 0 unspecified atom stereocenters. The summed E-state index contributed by atoms with van der Waals surface area (Å²) in [7, 11) is 3.51. The maximum Gasteiger partial charge on any atom is 0.0462 e. The molecule has 2 nitrogen and oxygen atoms in total. The fourth-order valence-corrected chi connectivity index (χ4v) is 1.25. The van der Waals surface area contributed by atoms with E-state index in [0.717, 1.165) is 13.2 Å². The Bertz CT molecular complexity index is 107. The van der Waals surface area contributed by atoms with Crippen molar-refractivity contribution in [3.8, 4) is 0 Å². The molecule has 0 bridgehead atoms. The van der Waals surface area contributed by atoms with Crippen LogP contribution in [-0.4, -0.2) is 27.4 Å². The number of hydrogen-bond acceptors (Lipinski definition) is 2. The Morgan fingerprint density at radius 1 is 0.714 bits per heavy atom. The fraction of sp³-hybridized carbons (Fsp3) is 0.833. The van der Waals surface area contributed by atoms with Crippen molar-refractivity contribution in [3.05, 3.63) is 12.2 Å². The zero-order valence-corrected chi connectivity index (χ0v) is 9.63. The number of allylic oxidation sites excluding steroid dienone is 2. The highest BCUT2D eigenvalue weighted by molar-refractivity contribution is 4.81. The molecule has 0 radical (unpaired) electrons. The summed E-state index contributed by atoms with van der Waals surface area (Å²) in [5.41, 5.74) is 0. The first-order valence-corrected chi connectivity index (χ1v) is 5.54. The van der Waals surface area contributed by atoms with Gasteiger partial charge in [-0.3, -0.25) is 0 Å². The molecular weight excluding hydrogens is 176 g/mol. The number of methoxy groups -OCH3 is 2. The molecule has 0 aromatic carbocycles. The number of rotatable bonds is 10. The second kappa shape index (κ2) is 12.7. The smallest absolute Gasteiger partial charge is 0.0462 e. The highest BCUT2D eigenvalue weighted by atomic mass is 16.5. The van der Waals surface area contributed by atoms with Crippen LogP contribution >= 0.6 is 0 Å². The minimum Gasteiger partial charge on any atom is -0.385 e. The molecule has 0 aromatic heterocycles. The molecule has 2 heteroatoms. The van der Waals surface area contributed by atoms with E-state index >= 15 is 0 Å². The highest BCUT2D eigenvalue weighted by Crippen LogP contribution is 2.00. The molecule has 0 atom stereocenters. The van der Waals surface area contributed by atoms with Crippen molar-refractivity contribution in [2.45, 2.75) is 38.5 Å². The lowest BCUT2D eigenvalue weighted by Crippen LogP contribution is -1.87. The third-order valence-corrected chi connectivity index (χ3v) is 2.11. The second-order valence-corrected chi connectivity index (χ2v) is 3.45. The minimum absolute atomic E-state index is 0.891. The topological polar surface area (TPSA) is 18.5 Å². The zero-order chi connectivity index (χ0) is 10.5. The fourth-order valence-electron chi connectivity index (χ4n) is 1.25. The van der Waals surface area contributed by atoms with Crippen LogP contribution in [-0.2, 0) is 9.47 Å². The summed E-state index contributed by atoms with van der Waals surface area (Å²) in [6.07, 6.45) is 11.8. The Labute approximate surface area is 88.3 Å². The molecule has 0 saturated carbocycles. The lowest BCUT2D eigenvalue weighted by Gasteiger charge is -1.96. The standard InChI is InChI=1S/C12H24O2/c1-13-11-9-7-5-3-4-6-8-10-12-14-2/h3-4H,5-12H2,1-2H3/b4-3+. The van der Waals surface area contributed by atoms with Gasteiger partial charge < -0.3 is 9.47 Å². The third-order valence-electron chi connectivity index (χ3n) is 2.11. The Balaban J connectivity index is 2.96. The summed E-state index contributed by atoms with van der Waals surface area (Å²) in [6.45, 7) is 1.78. The number of ether oxygens (including phenoxy) is 2. The van der Waals surface area contributed by atoms with Gasteiger partial charge in [-0.15, -0.1) is 0 Å². The van der Waals surface area contributed by atoms with E-state index in [4.69, 9.17) is 9.47 Å². The molecule has 0 aliphatic heterocycles. The molecule has 0 saturated heterocycles. The van der Waals surface area contributed by atoms with Crippen LogP contribution in [0, 0.1) is 0 Å². The third kappa shape index (κ3) is 11.7. The van der Waals surface area contributed by atoms with E-state index in [1.807, 2.05) is 0 Å². The van der Waals surface area contributed by atoms with E-state index in [9.17, 15) is 0 Å². The average Bonchev–Trinajstić information content (AvgIpc) is 2.21. The van der Waals surface area contributed by atoms with Gasteiger partial charge in [0, 0.05) is 27.4 Å². The minimum atomic E-state index is 0.891. The van der Waals surface area contributed by atoms with Gasteiger partial charge in [0.25, 0.3) is 0 Å². The molecule has 0 spiro atoms. The first kappa shape index (κ1) is 13.7. The van der Waals surface area contributed by atoms with E-state index in [1.54, 1.807) is 14.2 Å². The monoisotopic (exact) mass is 200 g/mol. The van der Waals surface area contributed by atoms with Crippen LogP contribution in [0.25, 0.3) is 0 Å². The highest BCUT2D eigenvalue weighted by Gasteiger charge is 1.86. The van der Waals surface area contributed by atoms with Gasteiger partial charge in [0.1, 0.15) is 0 Å². The van der Waals surface area contributed by atoms with Crippen LogP contribution in [0.15, 0.2) is 12.2 Å². The molecule has 84 valence electrons. The van der Waals surface area contributed by atoms with Crippen molar-refractivity contribution >= 4 is 0 Å². The van der Waals surface area contributed by atoms with Gasteiger partial charge in [-0.2, -0.15) is 0 Å². The molecule has 0 aromatic rings. The molecule has 0 aliphatic carbocycles. The summed E-state index contributed by atoms with van der Waals surface area (Å²) in [4.78, 5) is 0. The summed E-state index contributed by atoms with van der Waals surface area (Å²) < 4.78 is 9.95. The molecule has 0 N–H and O–H groups in total. The zero-order valence-electron chi connectivity index (χ0n) is 9.63. The molecule has 0 rings (SSSR count). The van der Waals surface area contributed by atoms with E-state index < -0.39 is 0 Å². The summed E-state index contributed by atoms with van der Waals surface area (Å²) in [5, 5.41) is 0. The Hall–Kier alpha value is -0.340. The van der Waals surface area contributed by atoms with Gasteiger partial charge in [0.15, 0.2) is 0 Å². The maximum atomic E-state index is 4.98. The Morgan fingerprint density at radius 2 is 1.14 bits per heavy atom. The van der Waals surface area contributed by atoms with Crippen LogP contribution in [0.5, 0.6) is 0 Å². The largest absolute Gasteiger partial charge is 0.385 e. The average molecular weight is 200 g/mol. The van der Waals surface area contributed by atoms with Crippen LogP contribution in [0.4, 0.5) is 0 Å². The van der Waals surface area contributed by atoms with Crippen LogP contribution in [0.3, 0.4) is 0 Å².